The zero-order valence-corrected chi connectivity index (χ0v) is 12.9. The Balaban J connectivity index is 2.21. The molecule has 120 valence electrons. The van der Waals surface area contributed by atoms with Gasteiger partial charge in [-0.25, -0.2) is 13.2 Å². The summed E-state index contributed by atoms with van der Waals surface area (Å²) >= 11 is 0. The van der Waals surface area contributed by atoms with Gasteiger partial charge in [0.25, 0.3) is 15.9 Å². The van der Waals surface area contributed by atoms with E-state index in [1.165, 1.54) is 55.6 Å². The summed E-state index contributed by atoms with van der Waals surface area (Å²) in [4.78, 5) is 22.2. The van der Waals surface area contributed by atoms with Gasteiger partial charge in [-0.2, -0.15) is 0 Å². The number of anilines is 1. The molecule has 0 spiro atoms. The molecule has 0 atom stereocenters. The van der Waals surface area contributed by atoms with Gasteiger partial charge in [-0.15, -0.1) is 0 Å². The Morgan fingerprint density at radius 3 is 1.91 bits per heavy atom. The average Bonchev–Trinajstić information content (AvgIpc) is 2.54. The van der Waals surface area contributed by atoms with Crippen LogP contribution in [-0.2, 0) is 10.0 Å². The van der Waals surface area contributed by atoms with E-state index in [-0.39, 0.29) is 22.1 Å². The molecule has 0 heterocycles. The first-order valence-electron chi connectivity index (χ1n) is 6.52. The van der Waals surface area contributed by atoms with Crippen molar-refractivity contribution in [3.8, 4) is 0 Å². The fraction of sp³-hybridized carbons (Fsp3) is 0.0667. The summed E-state index contributed by atoms with van der Waals surface area (Å²) in [7, 11) is -2.34. The third-order valence-corrected chi connectivity index (χ3v) is 4.44. The van der Waals surface area contributed by atoms with E-state index in [1.54, 1.807) is 0 Å². The molecule has 0 aliphatic heterocycles. The first-order chi connectivity index (χ1) is 10.8. The number of aromatic carboxylic acids is 1. The van der Waals surface area contributed by atoms with E-state index < -0.39 is 16.0 Å². The first-order valence-corrected chi connectivity index (χ1v) is 8.00. The van der Waals surface area contributed by atoms with Crippen LogP contribution in [0.1, 0.15) is 20.7 Å². The van der Waals surface area contributed by atoms with Crippen molar-refractivity contribution in [2.75, 3.05) is 11.8 Å². The molecule has 0 aromatic heterocycles. The van der Waals surface area contributed by atoms with Crippen LogP contribution in [0.15, 0.2) is 53.4 Å². The van der Waals surface area contributed by atoms with Gasteiger partial charge in [0.2, 0.25) is 0 Å². The number of carbonyl (C=O) groups is 2. The van der Waals surface area contributed by atoms with Crippen molar-refractivity contribution in [2.45, 2.75) is 4.90 Å². The van der Waals surface area contributed by atoms with Crippen molar-refractivity contribution in [1.82, 2.24) is 5.32 Å². The highest BCUT2D eigenvalue weighted by molar-refractivity contribution is 7.92. The van der Waals surface area contributed by atoms with Crippen LogP contribution in [0.4, 0.5) is 5.69 Å². The van der Waals surface area contributed by atoms with Crippen molar-refractivity contribution < 1.29 is 23.1 Å². The Morgan fingerprint density at radius 1 is 0.913 bits per heavy atom. The molecule has 2 rings (SSSR count). The molecule has 7 nitrogen and oxygen atoms in total. The molecule has 0 aliphatic rings. The minimum atomic E-state index is -3.82. The molecule has 0 fully saturated rings. The number of hydrogen-bond acceptors (Lipinski definition) is 4. The molecule has 1 amide bonds. The Kier molecular flexibility index (Phi) is 4.65. The molecular formula is C15H14N2O5S. The normalized spacial score (nSPS) is 10.8. The molecular weight excluding hydrogens is 320 g/mol. The summed E-state index contributed by atoms with van der Waals surface area (Å²) in [5.41, 5.74) is 0.644. The first kappa shape index (κ1) is 16.5. The summed E-state index contributed by atoms with van der Waals surface area (Å²) in [5, 5.41) is 11.2. The predicted molar refractivity (Wildman–Crippen MR) is 84.0 cm³/mol. The minimum absolute atomic E-state index is 0.00698. The Morgan fingerprint density at radius 2 is 1.43 bits per heavy atom. The van der Waals surface area contributed by atoms with Crippen molar-refractivity contribution in [3.05, 3.63) is 59.7 Å². The van der Waals surface area contributed by atoms with Crippen LogP contribution < -0.4 is 10.0 Å². The van der Waals surface area contributed by atoms with Crippen LogP contribution in [0, 0.1) is 0 Å². The van der Waals surface area contributed by atoms with Gasteiger partial charge >= 0.3 is 5.97 Å². The Bertz CT molecular complexity index is 827. The number of nitrogens with one attached hydrogen (secondary N) is 2. The monoisotopic (exact) mass is 334 g/mol. The smallest absolute Gasteiger partial charge is 0.335 e. The van der Waals surface area contributed by atoms with Crippen LogP contribution in [-0.4, -0.2) is 32.4 Å². The summed E-state index contributed by atoms with van der Waals surface area (Å²) in [5.74, 6) is -1.41. The number of carboxylic acids is 1. The number of amides is 1. The quantitative estimate of drug-likeness (QED) is 0.768. The topological polar surface area (TPSA) is 113 Å². The molecule has 2 aromatic carbocycles. The number of carboxylic acid groups (broad SMARTS) is 1. The average molecular weight is 334 g/mol. The minimum Gasteiger partial charge on any atom is -0.478 e. The number of benzene rings is 2. The zero-order chi connectivity index (χ0) is 17.0. The van der Waals surface area contributed by atoms with E-state index in [9.17, 15) is 18.0 Å². The van der Waals surface area contributed by atoms with Crippen LogP contribution in [0.3, 0.4) is 0 Å². The molecule has 0 unspecified atom stereocenters. The maximum Gasteiger partial charge on any atom is 0.335 e. The molecule has 0 saturated carbocycles. The lowest BCUT2D eigenvalue weighted by molar-refractivity contribution is 0.0696. The third-order valence-electron chi connectivity index (χ3n) is 3.04. The lowest BCUT2D eigenvalue weighted by Gasteiger charge is -2.09. The van der Waals surface area contributed by atoms with Crippen molar-refractivity contribution in [1.29, 1.82) is 0 Å². The summed E-state index contributed by atoms with van der Waals surface area (Å²) in [6.45, 7) is 0. The largest absolute Gasteiger partial charge is 0.478 e. The van der Waals surface area contributed by atoms with Crippen molar-refractivity contribution >= 4 is 27.6 Å². The number of rotatable bonds is 5. The van der Waals surface area contributed by atoms with Gasteiger partial charge in [0.15, 0.2) is 0 Å². The van der Waals surface area contributed by atoms with Gasteiger partial charge in [0.1, 0.15) is 0 Å². The summed E-state index contributed by atoms with van der Waals surface area (Å²) < 4.78 is 26.8. The second-order valence-corrected chi connectivity index (χ2v) is 6.27. The molecule has 0 saturated heterocycles. The molecule has 0 aliphatic carbocycles. The second-order valence-electron chi connectivity index (χ2n) is 4.59. The standard InChI is InChI=1S/C15H14N2O5S/c1-16-14(18)10-4-8-13(9-5-10)23(21,22)17-12-6-2-11(3-7-12)15(19)20/h2-9,17H,1H3,(H,16,18)(H,19,20). The van der Waals surface area contributed by atoms with Crippen LogP contribution in [0.2, 0.25) is 0 Å². The second kappa shape index (κ2) is 6.49. The molecule has 2 aromatic rings. The van der Waals surface area contributed by atoms with Gasteiger partial charge in [-0.3, -0.25) is 9.52 Å². The van der Waals surface area contributed by atoms with E-state index in [1.807, 2.05) is 0 Å². The van der Waals surface area contributed by atoms with Gasteiger partial charge < -0.3 is 10.4 Å². The maximum atomic E-state index is 12.2. The number of sulfonamides is 1. The van der Waals surface area contributed by atoms with E-state index in [0.29, 0.717) is 5.56 Å². The SMILES string of the molecule is CNC(=O)c1ccc(S(=O)(=O)Nc2ccc(C(=O)O)cc2)cc1. The summed E-state index contributed by atoms with van der Waals surface area (Å²) in [6, 6.07) is 10.8. The fourth-order valence-electron chi connectivity index (χ4n) is 1.82. The van der Waals surface area contributed by atoms with Crippen molar-refractivity contribution in [2.24, 2.45) is 0 Å². The van der Waals surface area contributed by atoms with Gasteiger partial charge in [-0.1, -0.05) is 0 Å². The van der Waals surface area contributed by atoms with Crippen LogP contribution >= 0.6 is 0 Å². The molecule has 23 heavy (non-hydrogen) atoms. The van der Waals surface area contributed by atoms with Crippen molar-refractivity contribution in [3.63, 3.8) is 0 Å². The Labute approximate surface area is 133 Å². The highest BCUT2D eigenvalue weighted by Crippen LogP contribution is 2.17. The Hall–Kier alpha value is -2.87. The highest BCUT2D eigenvalue weighted by Gasteiger charge is 2.15. The van der Waals surface area contributed by atoms with Crippen LogP contribution in [0.25, 0.3) is 0 Å². The fourth-order valence-corrected chi connectivity index (χ4v) is 2.88. The zero-order valence-electron chi connectivity index (χ0n) is 12.1. The van der Waals surface area contributed by atoms with Gasteiger partial charge in [-0.05, 0) is 48.5 Å². The van der Waals surface area contributed by atoms with Gasteiger partial charge in [0, 0.05) is 18.3 Å². The van der Waals surface area contributed by atoms with Gasteiger partial charge in [0.05, 0.1) is 10.5 Å². The molecule has 0 bridgehead atoms. The number of hydrogen-bond donors (Lipinski definition) is 3. The van der Waals surface area contributed by atoms with Crippen LogP contribution in [0.5, 0.6) is 0 Å². The molecule has 0 radical (unpaired) electrons. The predicted octanol–water partition coefficient (Wildman–Crippen LogP) is 1.55. The lowest BCUT2D eigenvalue weighted by Crippen LogP contribution is -2.18. The molecule has 8 heteroatoms. The maximum absolute atomic E-state index is 12.2. The summed E-state index contributed by atoms with van der Waals surface area (Å²) in [6.07, 6.45) is 0. The molecule has 3 N–H and O–H groups in total. The van der Waals surface area contributed by atoms with E-state index in [0.717, 1.165) is 0 Å². The highest BCUT2D eigenvalue weighted by atomic mass is 32.2. The van der Waals surface area contributed by atoms with E-state index in [2.05, 4.69) is 10.0 Å². The van der Waals surface area contributed by atoms with E-state index in [4.69, 9.17) is 5.11 Å². The van der Waals surface area contributed by atoms with E-state index >= 15 is 0 Å². The number of carbonyl (C=O) groups excluding carboxylic acids is 1. The lowest BCUT2D eigenvalue weighted by atomic mass is 10.2. The third kappa shape index (κ3) is 3.86.